The third kappa shape index (κ3) is 4.96. The Bertz CT molecular complexity index is 322. The molecule has 18 heavy (non-hydrogen) atoms. The highest BCUT2D eigenvalue weighted by molar-refractivity contribution is 5.39. The maximum Gasteiger partial charge on any atom is 0.161 e. The quantitative estimate of drug-likeness (QED) is 0.731. The largest absolute Gasteiger partial charge is 0.490 e. The topological polar surface area (TPSA) is 30.5 Å². The first-order chi connectivity index (χ1) is 8.81. The first-order valence-electron chi connectivity index (χ1n) is 6.84. The summed E-state index contributed by atoms with van der Waals surface area (Å²) < 4.78 is 11.7. The molecule has 0 heterocycles. The van der Waals surface area contributed by atoms with Gasteiger partial charge in [0.2, 0.25) is 0 Å². The normalized spacial score (nSPS) is 12.2. The van der Waals surface area contributed by atoms with Crippen molar-refractivity contribution in [2.24, 2.45) is 0 Å². The Balaban J connectivity index is 2.67. The summed E-state index contributed by atoms with van der Waals surface area (Å²) in [7, 11) is 1.95. The second kappa shape index (κ2) is 8.81. The summed E-state index contributed by atoms with van der Waals surface area (Å²) in [6.07, 6.45) is 3.36. The lowest BCUT2D eigenvalue weighted by Gasteiger charge is -2.20. The summed E-state index contributed by atoms with van der Waals surface area (Å²) in [5, 5.41) is 3.17. The fraction of sp³-hybridized carbons (Fsp3) is 0.600. The number of rotatable bonds is 9. The van der Waals surface area contributed by atoms with Crippen LogP contribution >= 0.6 is 0 Å². The van der Waals surface area contributed by atoms with Crippen LogP contribution in [0.1, 0.15) is 33.1 Å². The lowest BCUT2D eigenvalue weighted by Crippen LogP contribution is -2.29. The molecule has 102 valence electrons. The van der Waals surface area contributed by atoms with Crippen LogP contribution < -0.4 is 14.8 Å². The molecule has 0 fully saturated rings. The Morgan fingerprint density at radius 3 is 2.44 bits per heavy atom. The molecule has 1 aromatic rings. The Morgan fingerprint density at radius 2 is 1.83 bits per heavy atom. The molecule has 0 radical (unpaired) electrons. The molecular formula is C15H25NO2. The molecule has 3 nitrogen and oxygen atoms in total. The number of ether oxygens (including phenoxy) is 2. The summed E-state index contributed by atoms with van der Waals surface area (Å²) in [5.74, 6) is 1.69. The van der Waals surface area contributed by atoms with Crippen molar-refractivity contribution in [2.75, 3.05) is 20.2 Å². The average molecular weight is 251 g/mol. The van der Waals surface area contributed by atoms with Gasteiger partial charge in [0.15, 0.2) is 11.5 Å². The highest BCUT2D eigenvalue weighted by atomic mass is 16.5. The van der Waals surface area contributed by atoms with Crippen LogP contribution in [0.3, 0.4) is 0 Å². The molecule has 0 spiro atoms. The van der Waals surface area contributed by atoms with Crippen LogP contribution in [-0.4, -0.2) is 26.3 Å². The van der Waals surface area contributed by atoms with E-state index in [1.807, 2.05) is 31.3 Å². The number of hydrogen-bond acceptors (Lipinski definition) is 3. The van der Waals surface area contributed by atoms with E-state index >= 15 is 0 Å². The monoisotopic (exact) mass is 251 g/mol. The zero-order chi connectivity index (χ0) is 13.2. The summed E-state index contributed by atoms with van der Waals surface area (Å²) in [4.78, 5) is 0. The van der Waals surface area contributed by atoms with Crippen molar-refractivity contribution >= 4 is 0 Å². The molecular weight excluding hydrogens is 226 g/mol. The van der Waals surface area contributed by atoms with E-state index in [0.29, 0.717) is 0 Å². The van der Waals surface area contributed by atoms with Gasteiger partial charge >= 0.3 is 0 Å². The zero-order valence-electron chi connectivity index (χ0n) is 11.7. The minimum atomic E-state index is 0.200. The highest BCUT2D eigenvalue weighted by Gasteiger charge is 2.11. The van der Waals surface area contributed by atoms with Crippen LogP contribution in [0.4, 0.5) is 0 Å². The van der Waals surface area contributed by atoms with Crippen LogP contribution in [0, 0.1) is 0 Å². The van der Waals surface area contributed by atoms with E-state index in [2.05, 4.69) is 19.2 Å². The third-order valence-electron chi connectivity index (χ3n) is 2.65. The summed E-state index contributed by atoms with van der Waals surface area (Å²) in [5.41, 5.74) is 0. The number of nitrogens with one attached hydrogen (secondary N) is 1. The van der Waals surface area contributed by atoms with Gasteiger partial charge < -0.3 is 14.8 Å². The molecule has 0 aromatic heterocycles. The fourth-order valence-electron chi connectivity index (χ4n) is 1.81. The van der Waals surface area contributed by atoms with Crippen molar-refractivity contribution in [1.82, 2.24) is 5.32 Å². The third-order valence-corrected chi connectivity index (χ3v) is 2.65. The SMILES string of the molecule is CCCOc1ccccc1OC(CCC)CNC. The van der Waals surface area contributed by atoms with Gasteiger partial charge in [0, 0.05) is 6.54 Å². The molecule has 1 unspecified atom stereocenters. The number of likely N-dealkylation sites (N-methyl/N-ethyl adjacent to an activating group) is 1. The molecule has 1 rings (SSSR count). The van der Waals surface area contributed by atoms with Gasteiger partial charge in [-0.05, 0) is 32.0 Å². The van der Waals surface area contributed by atoms with Gasteiger partial charge in [-0.25, -0.2) is 0 Å². The number of benzene rings is 1. The van der Waals surface area contributed by atoms with E-state index < -0.39 is 0 Å². The second-order valence-electron chi connectivity index (χ2n) is 4.38. The van der Waals surface area contributed by atoms with Crippen LogP contribution in [0.15, 0.2) is 24.3 Å². The minimum Gasteiger partial charge on any atom is -0.490 e. The molecule has 3 heteroatoms. The predicted molar refractivity (Wildman–Crippen MR) is 75.5 cm³/mol. The van der Waals surface area contributed by atoms with Gasteiger partial charge in [-0.3, -0.25) is 0 Å². The van der Waals surface area contributed by atoms with E-state index in [1.165, 1.54) is 0 Å². The van der Waals surface area contributed by atoms with Gasteiger partial charge in [0.05, 0.1) is 6.61 Å². The maximum atomic E-state index is 6.04. The Morgan fingerprint density at radius 1 is 1.11 bits per heavy atom. The van der Waals surface area contributed by atoms with Gasteiger partial charge in [0.1, 0.15) is 6.10 Å². The molecule has 0 amide bonds. The zero-order valence-corrected chi connectivity index (χ0v) is 11.7. The Hall–Kier alpha value is -1.22. The van der Waals surface area contributed by atoms with Crippen molar-refractivity contribution in [3.8, 4) is 11.5 Å². The van der Waals surface area contributed by atoms with E-state index in [0.717, 1.165) is 43.9 Å². The molecule has 0 saturated carbocycles. The van der Waals surface area contributed by atoms with E-state index in [9.17, 15) is 0 Å². The van der Waals surface area contributed by atoms with Crippen molar-refractivity contribution in [2.45, 2.75) is 39.2 Å². The lowest BCUT2D eigenvalue weighted by molar-refractivity contribution is 0.178. The van der Waals surface area contributed by atoms with E-state index in [-0.39, 0.29) is 6.10 Å². The first kappa shape index (κ1) is 14.8. The molecule has 1 aromatic carbocycles. The van der Waals surface area contributed by atoms with Gasteiger partial charge in [-0.1, -0.05) is 32.4 Å². The van der Waals surface area contributed by atoms with Gasteiger partial charge in [0.25, 0.3) is 0 Å². The molecule has 0 bridgehead atoms. The highest BCUT2D eigenvalue weighted by Crippen LogP contribution is 2.28. The van der Waals surface area contributed by atoms with Crippen molar-refractivity contribution < 1.29 is 9.47 Å². The van der Waals surface area contributed by atoms with E-state index in [4.69, 9.17) is 9.47 Å². The smallest absolute Gasteiger partial charge is 0.161 e. The van der Waals surface area contributed by atoms with Crippen LogP contribution in [0.5, 0.6) is 11.5 Å². The van der Waals surface area contributed by atoms with Crippen LogP contribution in [-0.2, 0) is 0 Å². The molecule has 1 N–H and O–H groups in total. The van der Waals surface area contributed by atoms with E-state index in [1.54, 1.807) is 0 Å². The van der Waals surface area contributed by atoms with Crippen molar-refractivity contribution in [3.63, 3.8) is 0 Å². The molecule has 0 aliphatic heterocycles. The summed E-state index contributed by atoms with van der Waals surface area (Å²) >= 11 is 0. The number of hydrogen-bond donors (Lipinski definition) is 1. The van der Waals surface area contributed by atoms with Gasteiger partial charge in [-0.15, -0.1) is 0 Å². The predicted octanol–water partition coefficient (Wildman–Crippen LogP) is 3.24. The van der Waals surface area contributed by atoms with Gasteiger partial charge in [-0.2, -0.15) is 0 Å². The molecule has 1 atom stereocenters. The summed E-state index contributed by atoms with van der Waals surface area (Å²) in [6, 6.07) is 7.90. The van der Waals surface area contributed by atoms with Crippen molar-refractivity contribution in [3.05, 3.63) is 24.3 Å². The fourth-order valence-corrected chi connectivity index (χ4v) is 1.81. The molecule has 0 aliphatic rings. The second-order valence-corrected chi connectivity index (χ2v) is 4.38. The van der Waals surface area contributed by atoms with Crippen LogP contribution in [0.2, 0.25) is 0 Å². The maximum absolute atomic E-state index is 6.04. The lowest BCUT2D eigenvalue weighted by atomic mass is 10.2. The standard InChI is InChI=1S/C15H25NO2/c1-4-8-13(12-16-3)18-15-10-7-6-9-14(15)17-11-5-2/h6-7,9-10,13,16H,4-5,8,11-12H2,1-3H3. The Labute approximate surface area is 110 Å². The summed E-state index contributed by atoms with van der Waals surface area (Å²) in [6.45, 7) is 5.86. The minimum absolute atomic E-state index is 0.200. The molecule has 0 saturated heterocycles. The van der Waals surface area contributed by atoms with Crippen LogP contribution in [0.25, 0.3) is 0 Å². The molecule has 0 aliphatic carbocycles. The average Bonchev–Trinajstić information content (AvgIpc) is 2.38. The first-order valence-corrected chi connectivity index (χ1v) is 6.84. The number of para-hydroxylation sites is 2. The van der Waals surface area contributed by atoms with Crippen molar-refractivity contribution in [1.29, 1.82) is 0 Å². The Kier molecular flexibility index (Phi) is 7.26.